The average molecular weight is 457 g/mol. The zero-order valence-electron chi connectivity index (χ0n) is 19.4. The molecule has 0 unspecified atom stereocenters. The smallest absolute Gasteiger partial charge is 0.270 e. The Balaban J connectivity index is 1.21. The molecular weight excluding hydrogens is 427 g/mol. The van der Waals surface area contributed by atoms with Gasteiger partial charge < -0.3 is 10.2 Å². The third kappa shape index (κ3) is 4.40. The van der Waals surface area contributed by atoms with Crippen molar-refractivity contribution in [2.75, 3.05) is 18.0 Å². The molecule has 5 nitrogen and oxygen atoms in total. The maximum absolute atomic E-state index is 14.1. The van der Waals surface area contributed by atoms with E-state index < -0.39 is 5.82 Å². The number of piperidine rings is 1. The standard InChI is InChI=1S/C28H29FN4O/c1-2-25-26(33-16-6-9-24(29)27(33)31-25)28(34)30-19-20-10-12-23(13-11-20)32-17-14-22(15-18-32)21-7-4-3-5-8-21/h3-13,16,22H,2,14-15,17-19H2,1H3,(H,30,34). The Morgan fingerprint density at radius 1 is 1.03 bits per heavy atom. The molecule has 4 aromatic rings. The number of imidazole rings is 1. The summed E-state index contributed by atoms with van der Waals surface area (Å²) in [6, 6.07) is 22.1. The number of fused-ring (bicyclic) bond motifs is 1. The fraction of sp³-hybridized carbons (Fsp3) is 0.286. The van der Waals surface area contributed by atoms with E-state index >= 15 is 0 Å². The third-order valence-electron chi connectivity index (χ3n) is 6.75. The Kier molecular flexibility index (Phi) is 6.30. The van der Waals surface area contributed by atoms with E-state index in [4.69, 9.17) is 0 Å². The summed E-state index contributed by atoms with van der Waals surface area (Å²) in [5.41, 5.74) is 4.85. The quantitative estimate of drug-likeness (QED) is 0.426. The van der Waals surface area contributed by atoms with Crippen molar-refractivity contribution in [2.45, 2.75) is 38.6 Å². The fourth-order valence-corrected chi connectivity index (χ4v) is 4.86. The van der Waals surface area contributed by atoms with E-state index in [2.05, 4.69) is 69.8 Å². The van der Waals surface area contributed by atoms with Crippen LogP contribution in [0.25, 0.3) is 5.65 Å². The molecule has 6 heteroatoms. The molecule has 0 spiro atoms. The molecule has 2 aromatic carbocycles. The van der Waals surface area contributed by atoms with Crippen LogP contribution in [0.15, 0.2) is 72.9 Å². The normalized spacial score (nSPS) is 14.5. The van der Waals surface area contributed by atoms with Gasteiger partial charge in [-0.1, -0.05) is 49.4 Å². The van der Waals surface area contributed by atoms with E-state index in [0.717, 1.165) is 31.5 Å². The fourth-order valence-electron chi connectivity index (χ4n) is 4.86. The summed E-state index contributed by atoms with van der Waals surface area (Å²) in [4.78, 5) is 19.7. The molecule has 1 aliphatic heterocycles. The van der Waals surface area contributed by atoms with Crippen molar-refractivity contribution in [2.24, 2.45) is 0 Å². The van der Waals surface area contributed by atoms with E-state index in [0.29, 0.717) is 30.3 Å². The van der Waals surface area contributed by atoms with Gasteiger partial charge in [0.2, 0.25) is 0 Å². The van der Waals surface area contributed by atoms with Crippen LogP contribution in [-0.4, -0.2) is 28.4 Å². The van der Waals surface area contributed by atoms with Crippen LogP contribution < -0.4 is 10.2 Å². The number of anilines is 1. The lowest BCUT2D eigenvalue weighted by molar-refractivity contribution is 0.0944. The molecule has 0 aliphatic carbocycles. The highest BCUT2D eigenvalue weighted by atomic mass is 19.1. The second kappa shape index (κ2) is 9.67. The summed E-state index contributed by atoms with van der Waals surface area (Å²) in [6.07, 6.45) is 4.54. The van der Waals surface area contributed by atoms with Gasteiger partial charge in [0.05, 0.1) is 5.69 Å². The zero-order chi connectivity index (χ0) is 23.5. The van der Waals surface area contributed by atoms with Crippen LogP contribution in [0.4, 0.5) is 10.1 Å². The molecule has 2 aromatic heterocycles. The van der Waals surface area contributed by atoms with Crippen LogP contribution in [0, 0.1) is 5.82 Å². The van der Waals surface area contributed by atoms with Crippen LogP contribution in [-0.2, 0) is 13.0 Å². The van der Waals surface area contributed by atoms with Crippen LogP contribution in [0.2, 0.25) is 0 Å². The predicted molar refractivity (Wildman–Crippen MR) is 133 cm³/mol. The highest BCUT2D eigenvalue weighted by Gasteiger charge is 2.21. The molecule has 3 heterocycles. The number of aryl methyl sites for hydroxylation is 1. The lowest BCUT2D eigenvalue weighted by Gasteiger charge is -2.34. The number of hydrogen-bond acceptors (Lipinski definition) is 3. The molecule has 5 rings (SSSR count). The van der Waals surface area contributed by atoms with Gasteiger partial charge in [-0.3, -0.25) is 9.20 Å². The van der Waals surface area contributed by atoms with Gasteiger partial charge in [0.15, 0.2) is 11.5 Å². The number of rotatable bonds is 6. The number of aromatic nitrogens is 2. The first-order valence-electron chi connectivity index (χ1n) is 12.0. The van der Waals surface area contributed by atoms with E-state index in [1.54, 1.807) is 12.3 Å². The van der Waals surface area contributed by atoms with Gasteiger partial charge in [0.1, 0.15) is 5.69 Å². The lowest BCUT2D eigenvalue weighted by Crippen LogP contribution is -2.32. The van der Waals surface area contributed by atoms with Crippen molar-refractivity contribution in [3.05, 3.63) is 101 Å². The zero-order valence-corrected chi connectivity index (χ0v) is 19.4. The number of hydrogen-bond donors (Lipinski definition) is 1. The highest BCUT2D eigenvalue weighted by Crippen LogP contribution is 2.30. The number of amides is 1. The van der Waals surface area contributed by atoms with Crippen LogP contribution in [0.5, 0.6) is 0 Å². The molecule has 34 heavy (non-hydrogen) atoms. The van der Waals surface area contributed by atoms with Crippen molar-refractivity contribution in [1.82, 2.24) is 14.7 Å². The first-order valence-corrected chi connectivity index (χ1v) is 12.0. The van der Waals surface area contributed by atoms with E-state index in [-0.39, 0.29) is 11.6 Å². The Morgan fingerprint density at radius 3 is 2.47 bits per heavy atom. The molecule has 0 bridgehead atoms. The Labute approximate surface area is 199 Å². The topological polar surface area (TPSA) is 49.6 Å². The molecule has 1 fully saturated rings. The lowest BCUT2D eigenvalue weighted by atomic mass is 9.89. The second-order valence-corrected chi connectivity index (χ2v) is 8.83. The highest BCUT2D eigenvalue weighted by molar-refractivity contribution is 5.94. The molecule has 1 N–H and O–H groups in total. The molecule has 0 radical (unpaired) electrons. The summed E-state index contributed by atoms with van der Waals surface area (Å²) in [5, 5.41) is 2.97. The number of carbonyl (C=O) groups is 1. The van der Waals surface area contributed by atoms with Gasteiger partial charge in [0.25, 0.3) is 5.91 Å². The van der Waals surface area contributed by atoms with Crippen molar-refractivity contribution in [3.8, 4) is 0 Å². The van der Waals surface area contributed by atoms with Crippen molar-refractivity contribution >= 4 is 17.2 Å². The van der Waals surface area contributed by atoms with Gasteiger partial charge in [-0.05, 0) is 60.6 Å². The Morgan fingerprint density at radius 2 is 1.76 bits per heavy atom. The van der Waals surface area contributed by atoms with Gasteiger partial charge in [0, 0.05) is 31.5 Å². The first-order chi connectivity index (χ1) is 16.6. The summed E-state index contributed by atoms with van der Waals surface area (Å²) in [5.74, 6) is -0.0466. The second-order valence-electron chi connectivity index (χ2n) is 8.83. The number of benzene rings is 2. The van der Waals surface area contributed by atoms with Gasteiger partial charge >= 0.3 is 0 Å². The summed E-state index contributed by atoms with van der Waals surface area (Å²) >= 11 is 0. The van der Waals surface area contributed by atoms with Crippen molar-refractivity contribution in [3.63, 3.8) is 0 Å². The Hall–Kier alpha value is -3.67. The number of pyridine rings is 1. The minimum atomic E-state index is -0.431. The minimum Gasteiger partial charge on any atom is -0.371 e. The maximum Gasteiger partial charge on any atom is 0.270 e. The van der Waals surface area contributed by atoms with Gasteiger partial charge in [-0.2, -0.15) is 0 Å². The number of halogens is 1. The van der Waals surface area contributed by atoms with Gasteiger partial charge in [-0.25, -0.2) is 9.37 Å². The molecule has 0 saturated carbocycles. The Bertz CT molecular complexity index is 1280. The van der Waals surface area contributed by atoms with E-state index in [1.807, 2.05) is 6.92 Å². The minimum absolute atomic E-state index is 0.185. The van der Waals surface area contributed by atoms with Crippen LogP contribution >= 0.6 is 0 Å². The predicted octanol–water partition coefficient (Wildman–Crippen LogP) is 5.35. The average Bonchev–Trinajstić information content (AvgIpc) is 3.28. The molecule has 1 aliphatic rings. The number of nitrogens with one attached hydrogen (secondary N) is 1. The molecule has 174 valence electrons. The third-order valence-corrected chi connectivity index (χ3v) is 6.75. The molecular formula is C28H29FN4O. The largest absolute Gasteiger partial charge is 0.371 e. The van der Waals surface area contributed by atoms with E-state index in [9.17, 15) is 9.18 Å². The SMILES string of the molecule is CCc1nc2c(F)cccn2c1C(=O)NCc1ccc(N2CCC(c3ccccc3)CC2)cc1. The van der Waals surface area contributed by atoms with Crippen LogP contribution in [0.1, 0.15) is 53.0 Å². The summed E-state index contributed by atoms with van der Waals surface area (Å²) < 4.78 is 15.6. The maximum atomic E-state index is 14.1. The monoisotopic (exact) mass is 456 g/mol. The summed E-state index contributed by atoms with van der Waals surface area (Å²) in [6.45, 7) is 4.40. The molecule has 1 saturated heterocycles. The molecule has 1 amide bonds. The first kappa shape index (κ1) is 22.1. The van der Waals surface area contributed by atoms with Crippen LogP contribution in [0.3, 0.4) is 0 Å². The van der Waals surface area contributed by atoms with Crippen molar-refractivity contribution in [1.29, 1.82) is 0 Å². The number of carbonyl (C=O) groups excluding carboxylic acids is 1. The summed E-state index contributed by atoms with van der Waals surface area (Å²) in [7, 11) is 0. The number of nitrogens with zero attached hydrogens (tertiary/aromatic N) is 3. The molecule has 0 atom stereocenters. The van der Waals surface area contributed by atoms with Crippen molar-refractivity contribution < 1.29 is 9.18 Å². The van der Waals surface area contributed by atoms with Gasteiger partial charge in [-0.15, -0.1) is 0 Å². The van der Waals surface area contributed by atoms with E-state index in [1.165, 1.54) is 21.7 Å².